The van der Waals surface area contributed by atoms with Gasteiger partial charge < -0.3 is 25.0 Å². The number of nitrogens with one attached hydrogen (secondary N) is 2. The monoisotopic (exact) mass is 594 g/mol. The first-order valence-corrected chi connectivity index (χ1v) is 11.6. The first-order valence-electron chi connectivity index (χ1n) is 11.6. The van der Waals surface area contributed by atoms with Crippen LogP contribution in [0, 0.1) is 20.8 Å². The molecule has 18 heteroatoms. The third-order valence-corrected chi connectivity index (χ3v) is 5.55. The van der Waals surface area contributed by atoms with Gasteiger partial charge in [-0.25, -0.2) is 14.4 Å². The second-order valence-electron chi connectivity index (χ2n) is 8.50. The first kappa shape index (κ1) is 32.9. The lowest BCUT2D eigenvalue weighted by Gasteiger charge is -2.19. The van der Waals surface area contributed by atoms with Crippen LogP contribution in [0.3, 0.4) is 0 Å². The highest BCUT2D eigenvalue weighted by Gasteiger charge is 2.38. The second-order valence-corrected chi connectivity index (χ2v) is 8.50. The van der Waals surface area contributed by atoms with Crippen LogP contribution in [0.25, 0.3) is 11.4 Å². The third-order valence-electron chi connectivity index (χ3n) is 5.55. The van der Waals surface area contributed by atoms with Gasteiger partial charge in [-0.05, 0) is 56.8 Å². The Kier molecular flexibility index (Phi) is 10.7. The molecule has 4 N–H and O–H groups in total. The lowest BCUT2D eigenvalue weighted by Crippen LogP contribution is -2.24. The predicted octanol–water partition coefficient (Wildman–Crippen LogP) is 2.84. The Bertz CT molecular complexity index is 1400. The van der Waals surface area contributed by atoms with E-state index in [9.17, 15) is 31.1 Å². The van der Waals surface area contributed by atoms with Gasteiger partial charge >= 0.3 is 30.0 Å². The average molecular weight is 594 g/mol. The number of aromatic nitrogens is 5. The van der Waals surface area contributed by atoms with Gasteiger partial charge in [0, 0.05) is 41.8 Å². The van der Waals surface area contributed by atoms with Gasteiger partial charge in [0.15, 0.2) is 0 Å². The number of hydrogen-bond acceptors (Lipinski definition) is 9. The highest BCUT2D eigenvalue weighted by Crippen LogP contribution is 2.28. The van der Waals surface area contributed by atoms with Gasteiger partial charge in [-0.3, -0.25) is 4.98 Å². The molecule has 224 valence electrons. The zero-order chi connectivity index (χ0) is 31.1. The topological polar surface area (TPSA) is 184 Å². The van der Waals surface area contributed by atoms with Crippen molar-refractivity contribution in [3.05, 3.63) is 56.3 Å². The fourth-order valence-electron chi connectivity index (χ4n) is 3.68. The van der Waals surface area contributed by atoms with Crippen molar-refractivity contribution in [1.82, 2.24) is 30.4 Å². The number of pyridine rings is 1. The van der Waals surface area contributed by atoms with E-state index in [4.69, 9.17) is 24.3 Å². The van der Waals surface area contributed by atoms with Crippen LogP contribution in [-0.2, 0) is 35.4 Å². The molecule has 0 atom stereocenters. The van der Waals surface area contributed by atoms with Crippen LogP contribution in [0.15, 0.2) is 15.5 Å². The summed E-state index contributed by atoms with van der Waals surface area (Å²) in [6.45, 7) is 7.45. The smallest absolute Gasteiger partial charge is 0.475 e. The largest absolute Gasteiger partial charge is 0.490 e. The van der Waals surface area contributed by atoms with Crippen molar-refractivity contribution in [3.8, 4) is 11.4 Å². The number of H-pyrrole nitrogens is 1. The molecule has 3 aromatic heterocycles. The first-order chi connectivity index (χ1) is 18.9. The van der Waals surface area contributed by atoms with E-state index < -0.39 is 24.3 Å². The molecule has 0 bridgehead atoms. The zero-order valence-electron chi connectivity index (χ0n) is 21.7. The molecular formula is C23H24F6N6O6. The quantitative estimate of drug-likeness (QED) is 0.326. The van der Waals surface area contributed by atoms with E-state index in [1.165, 1.54) is 11.1 Å². The van der Waals surface area contributed by atoms with E-state index in [-0.39, 0.29) is 5.69 Å². The zero-order valence-corrected chi connectivity index (χ0v) is 21.7. The molecule has 1 aliphatic rings. The molecule has 0 spiro atoms. The van der Waals surface area contributed by atoms with Crippen molar-refractivity contribution < 1.29 is 50.7 Å². The summed E-state index contributed by atoms with van der Waals surface area (Å²) in [6.07, 6.45) is -6.04. The maximum atomic E-state index is 11.4. The Labute approximate surface area is 226 Å². The standard InChI is InChI=1S/C19H22N6O2.2C2HF3O2/c1-10-14(11(2)23-19(26)22-10)4-5-16-24-18(25-27-16)17-12(3)21-9-13-8-20-7-6-15(13)17;2*3-2(4,5)1(6)7/h9,20H,4-8H2,1-3H3,(H,22,23,26);2*(H,6,7). The number of halogens is 6. The molecule has 0 radical (unpaired) electrons. The van der Waals surface area contributed by atoms with Crippen LogP contribution >= 0.6 is 0 Å². The normalized spacial score (nSPS) is 12.8. The van der Waals surface area contributed by atoms with E-state index in [1.807, 2.05) is 27.0 Å². The van der Waals surface area contributed by atoms with E-state index >= 15 is 0 Å². The number of carboxylic acids is 2. The van der Waals surface area contributed by atoms with E-state index in [1.54, 1.807) is 0 Å². The third kappa shape index (κ3) is 9.37. The minimum Gasteiger partial charge on any atom is -0.475 e. The lowest BCUT2D eigenvalue weighted by atomic mass is 9.95. The van der Waals surface area contributed by atoms with Crippen LogP contribution in [0.1, 0.15) is 39.7 Å². The highest BCUT2D eigenvalue weighted by atomic mass is 19.4. The highest BCUT2D eigenvalue weighted by molar-refractivity contribution is 5.73. The molecule has 0 saturated heterocycles. The van der Waals surface area contributed by atoms with Gasteiger partial charge in [0.05, 0.1) is 0 Å². The van der Waals surface area contributed by atoms with E-state index in [0.717, 1.165) is 47.7 Å². The maximum absolute atomic E-state index is 11.4. The summed E-state index contributed by atoms with van der Waals surface area (Å²) in [5.41, 5.74) is 6.61. The van der Waals surface area contributed by atoms with E-state index in [2.05, 4.69) is 30.4 Å². The number of carbonyl (C=O) groups is 2. The van der Waals surface area contributed by atoms with Gasteiger partial charge in [0.25, 0.3) is 0 Å². The fraction of sp³-hybridized carbons (Fsp3) is 0.435. The summed E-state index contributed by atoms with van der Waals surface area (Å²) < 4.78 is 69.0. The van der Waals surface area contributed by atoms with Gasteiger partial charge in [0.1, 0.15) is 0 Å². The maximum Gasteiger partial charge on any atom is 0.490 e. The molecule has 0 amide bonds. The molecule has 0 saturated carbocycles. The molecule has 4 heterocycles. The SMILES string of the molecule is Cc1nc(=O)[nH]c(C)c1CCc1nc(-c2c(C)ncc3c2CCNC3)no1.O=C(O)C(F)(F)F.O=C(O)C(F)(F)F. The Balaban J connectivity index is 0.000000349. The summed E-state index contributed by atoms with van der Waals surface area (Å²) in [5, 5.41) is 21.8. The molecule has 3 aromatic rings. The van der Waals surface area contributed by atoms with Crippen LogP contribution in [0.5, 0.6) is 0 Å². The summed E-state index contributed by atoms with van der Waals surface area (Å²) in [4.78, 5) is 45.0. The van der Waals surface area contributed by atoms with Gasteiger partial charge in [0.2, 0.25) is 11.7 Å². The second kappa shape index (κ2) is 13.3. The number of aromatic amines is 1. The lowest BCUT2D eigenvalue weighted by molar-refractivity contribution is -0.193. The number of carboxylic acid groups (broad SMARTS) is 2. The Morgan fingerprint density at radius 1 is 0.976 bits per heavy atom. The molecule has 41 heavy (non-hydrogen) atoms. The van der Waals surface area contributed by atoms with Crippen molar-refractivity contribution in [3.63, 3.8) is 0 Å². The minimum absolute atomic E-state index is 0.319. The van der Waals surface area contributed by atoms with Gasteiger partial charge in [-0.2, -0.15) is 36.3 Å². The van der Waals surface area contributed by atoms with Gasteiger partial charge in [-0.15, -0.1) is 0 Å². The number of aliphatic carboxylic acids is 2. The van der Waals surface area contributed by atoms with E-state index in [0.29, 0.717) is 24.6 Å². The molecule has 0 fully saturated rings. The fourth-order valence-corrected chi connectivity index (χ4v) is 3.68. The number of rotatable bonds is 4. The molecule has 0 aromatic carbocycles. The molecule has 0 aliphatic carbocycles. The average Bonchev–Trinajstić information content (AvgIpc) is 3.31. The Hall–Kier alpha value is -4.35. The number of fused-ring (bicyclic) bond motifs is 1. The number of hydrogen-bond donors (Lipinski definition) is 4. The van der Waals surface area contributed by atoms with Crippen LogP contribution < -0.4 is 11.0 Å². The summed E-state index contributed by atoms with van der Waals surface area (Å²) in [7, 11) is 0. The molecule has 12 nitrogen and oxygen atoms in total. The Morgan fingerprint density at radius 2 is 1.56 bits per heavy atom. The van der Waals surface area contributed by atoms with Gasteiger partial charge in [-0.1, -0.05) is 5.16 Å². The van der Waals surface area contributed by atoms with Crippen molar-refractivity contribution in [1.29, 1.82) is 0 Å². The summed E-state index contributed by atoms with van der Waals surface area (Å²) >= 11 is 0. The molecular weight excluding hydrogens is 570 g/mol. The minimum atomic E-state index is -5.08. The predicted molar refractivity (Wildman–Crippen MR) is 127 cm³/mol. The Morgan fingerprint density at radius 3 is 2.10 bits per heavy atom. The van der Waals surface area contributed by atoms with Crippen LogP contribution in [-0.4, -0.2) is 66.1 Å². The molecule has 1 aliphatic heterocycles. The van der Waals surface area contributed by atoms with Crippen LogP contribution in [0.4, 0.5) is 26.3 Å². The van der Waals surface area contributed by atoms with Crippen molar-refractivity contribution in [2.45, 2.75) is 58.9 Å². The number of alkyl halides is 6. The molecule has 4 rings (SSSR count). The van der Waals surface area contributed by atoms with Crippen LogP contribution in [0.2, 0.25) is 0 Å². The number of nitrogens with zero attached hydrogens (tertiary/aromatic N) is 4. The van der Waals surface area contributed by atoms with Crippen molar-refractivity contribution >= 4 is 11.9 Å². The summed E-state index contributed by atoms with van der Waals surface area (Å²) in [5.74, 6) is -4.34. The van der Waals surface area contributed by atoms with Crippen molar-refractivity contribution in [2.24, 2.45) is 0 Å². The molecule has 0 unspecified atom stereocenters. The summed E-state index contributed by atoms with van der Waals surface area (Å²) in [6, 6.07) is 0. The number of aryl methyl sites for hydroxylation is 4. The van der Waals surface area contributed by atoms with Crippen molar-refractivity contribution in [2.75, 3.05) is 6.54 Å².